The molecule has 4 rings (SSSR count). The summed E-state index contributed by atoms with van der Waals surface area (Å²) >= 11 is 0. The average molecular weight is 549 g/mol. The lowest BCUT2D eigenvalue weighted by molar-refractivity contribution is -0.224. The standard InChI is InChI=1S/C31H48O8/c1-17(8-11-28(35)36-7)23-9-10-24-29-25(16-27(31(23,24)6)39-20(4)34)30(5)13-12-22(37-18(2)32)14-21(30)15-26(29)38-19(3)33/h17,21-27,29H,8-16H2,1-7H3/t17-,21+,22-,23-,24?,25?,26-,27+,29?,30+,31-/m1/s1. The molecule has 220 valence electrons. The fraction of sp³-hybridized carbons (Fsp3) is 0.871. The maximum Gasteiger partial charge on any atom is 0.305 e. The van der Waals surface area contributed by atoms with Gasteiger partial charge in [-0.05, 0) is 86.4 Å². The molecular weight excluding hydrogens is 500 g/mol. The zero-order valence-electron chi connectivity index (χ0n) is 24.8. The van der Waals surface area contributed by atoms with Gasteiger partial charge in [0.25, 0.3) is 0 Å². The van der Waals surface area contributed by atoms with Crippen LogP contribution in [-0.4, -0.2) is 49.3 Å². The Hall–Kier alpha value is -2.12. The molecule has 0 aromatic carbocycles. The molecule has 0 aromatic heterocycles. The molecule has 4 saturated carbocycles. The van der Waals surface area contributed by atoms with Crippen molar-refractivity contribution in [1.82, 2.24) is 0 Å². The van der Waals surface area contributed by atoms with E-state index in [2.05, 4.69) is 20.8 Å². The largest absolute Gasteiger partial charge is 0.469 e. The summed E-state index contributed by atoms with van der Waals surface area (Å²) in [5.74, 6) is 0.438. The van der Waals surface area contributed by atoms with Crippen molar-refractivity contribution in [2.75, 3.05) is 7.11 Å². The van der Waals surface area contributed by atoms with Crippen LogP contribution in [0.1, 0.15) is 99.3 Å². The first-order valence-corrected chi connectivity index (χ1v) is 14.9. The van der Waals surface area contributed by atoms with Crippen LogP contribution in [0.25, 0.3) is 0 Å². The van der Waals surface area contributed by atoms with Crippen molar-refractivity contribution in [1.29, 1.82) is 0 Å². The van der Waals surface area contributed by atoms with Crippen LogP contribution in [0.2, 0.25) is 0 Å². The lowest BCUT2D eigenvalue weighted by Gasteiger charge is -2.64. The minimum absolute atomic E-state index is 0.0215. The Bertz CT molecular complexity index is 962. The molecule has 0 aliphatic heterocycles. The van der Waals surface area contributed by atoms with Gasteiger partial charge < -0.3 is 18.9 Å². The number of methoxy groups -OCH3 is 1. The molecule has 0 heterocycles. The predicted molar refractivity (Wildman–Crippen MR) is 143 cm³/mol. The van der Waals surface area contributed by atoms with Crippen LogP contribution in [-0.2, 0) is 38.1 Å². The van der Waals surface area contributed by atoms with Gasteiger partial charge in [-0.1, -0.05) is 20.8 Å². The Morgan fingerprint density at radius 3 is 2.13 bits per heavy atom. The molecule has 0 spiro atoms. The Morgan fingerprint density at radius 2 is 1.51 bits per heavy atom. The molecule has 0 N–H and O–H groups in total. The van der Waals surface area contributed by atoms with E-state index in [0.717, 1.165) is 51.4 Å². The first kappa shape index (κ1) is 29.9. The monoisotopic (exact) mass is 548 g/mol. The van der Waals surface area contributed by atoms with Crippen molar-refractivity contribution in [3.63, 3.8) is 0 Å². The third-order valence-corrected chi connectivity index (χ3v) is 11.4. The van der Waals surface area contributed by atoms with Gasteiger partial charge in [0.2, 0.25) is 0 Å². The Labute approximate surface area is 233 Å². The first-order chi connectivity index (χ1) is 18.3. The van der Waals surface area contributed by atoms with E-state index < -0.39 is 0 Å². The highest BCUT2D eigenvalue weighted by atomic mass is 16.6. The molecule has 4 aliphatic carbocycles. The lowest BCUT2D eigenvalue weighted by atomic mass is 9.43. The highest BCUT2D eigenvalue weighted by Crippen LogP contribution is 2.69. The van der Waals surface area contributed by atoms with Crippen molar-refractivity contribution in [3.05, 3.63) is 0 Å². The quantitative estimate of drug-likeness (QED) is 0.314. The van der Waals surface area contributed by atoms with Gasteiger partial charge in [-0.3, -0.25) is 19.2 Å². The Morgan fingerprint density at radius 1 is 0.846 bits per heavy atom. The first-order valence-electron chi connectivity index (χ1n) is 14.9. The third-order valence-electron chi connectivity index (χ3n) is 11.4. The smallest absolute Gasteiger partial charge is 0.305 e. The molecule has 0 radical (unpaired) electrons. The van der Waals surface area contributed by atoms with Crippen molar-refractivity contribution in [3.8, 4) is 0 Å². The maximum atomic E-state index is 12.5. The van der Waals surface area contributed by atoms with Gasteiger partial charge >= 0.3 is 23.9 Å². The molecule has 11 atom stereocenters. The number of hydrogen-bond acceptors (Lipinski definition) is 8. The summed E-state index contributed by atoms with van der Waals surface area (Å²) in [6.45, 7) is 11.3. The zero-order chi connectivity index (χ0) is 28.7. The summed E-state index contributed by atoms with van der Waals surface area (Å²) in [5.41, 5.74) is -0.300. The van der Waals surface area contributed by atoms with Crippen molar-refractivity contribution >= 4 is 23.9 Å². The number of hydrogen-bond donors (Lipinski definition) is 0. The fourth-order valence-electron chi connectivity index (χ4n) is 9.77. The van der Waals surface area contributed by atoms with Crippen LogP contribution < -0.4 is 0 Å². The molecule has 3 unspecified atom stereocenters. The molecule has 4 fully saturated rings. The number of fused-ring (bicyclic) bond motifs is 5. The van der Waals surface area contributed by atoms with E-state index in [1.54, 1.807) is 0 Å². The Balaban J connectivity index is 1.70. The summed E-state index contributed by atoms with van der Waals surface area (Å²) in [5, 5.41) is 0. The van der Waals surface area contributed by atoms with Gasteiger partial charge in [0.05, 0.1) is 7.11 Å². The lowest BCUT2D eigenvalue weighted by Crippen LogP contribution is -2.63. The van der Waals surface area contributed by atoms with E-state index in [1.807, 2.05) is 0 Å². The summed E-state index contributed by atoms with van der Waals surface area (Å²) in [4.78, 5) is 48.5. The maximum absolute atomic E-state index is 12.5. The van der Waals surface area contributed by atoms with Gasteiger partial charge in [-0.25, -0.2) is 0 Å². The van der Waals surface area contributed by atoms with Gasteiger partial charge in [-0.2, -0.15) is 0 Å². The third kappa shape index (κ3) is 5.58. The fourth-order valence-corrected chi connectivity index (χ4v) is 9.77. The molecule has 4 aliphatic rings. The molecule has 8 nitrogen and oxygen atoms in total. The van der Waals surface area contributed by atoms with Crippen molar-refractivity contribution in [2.45, 2.75) is 118 Å². The van der Waals surface area contributed by atoms with E-state index in [1.165, 1.54) is 27.9 Å². The SMILES string of the molecule is COC(=O)CC[C@@H](C)[C@H]1CCC2C3C(C[C@H](OC(C)=O)[C@@]21C)[C@@]1(C)CC[C@@H](OC(C)=O)C[C@H]1C[C@H]3OC(C)=O. The molecule has 0 amide bonds. The minimum Gasteiger partial charge on any atom is -0.469 e. The second-order valence-corrected chi connectivity index (χ2v) is 13.4. The Kier molecular flexibility index (Phi) is 8.73. The van der Waals surface area contributed by atoms with Crippen LogP contribution in [0, 0.1) is 46.3 Å². The number of ether oxygens (including phenoxy) is 4. The summed E-state index contributed by atoms with van der Waals surface area (Å²) in [6.07, 6.45) is 6.53. The number of esters is 4. The van der Waals surface area contributed by atoms with Crippen LogP contribution in [0.15, 0.2) is 0 Å². The number of carbonyl (C=O) groups excluding carboxylic acids is 4. The average Bonchev–Trinajstić information content (AvgIpc) is 3.20. The van der Waals surface area contributed by atoms with Crippen molar-refractivity contribution in [2.24, 2.45) is 46.3 Å². The topological polar surface area (TPSA) is 105 Å². The van der Waals surface area contributed by atoms with Crippen LogP contribution in [0.3, 0.4) is 0 Å². The van der Waals surface area contributed by atoms with E-state index in [0.29, 0.717) is 6.42 Å². The van der Waals surface area contributed by atoms with Crippen LogP contribution >= 0.6 is 0 Å². The highest BCUT2D eigenvalue weighted by Gasteiger charge is 2.67. The number of rotatable bonds is 7. The zero-order valence-corrected chi connectivity index (χ0v) is 24.8. The van der Waals surface area contributed by atoms with Gasteiger partial charge in [0.15, 0.2) is 0 Å². The van der Waals surface area contributed by atoms with E-state index in [9.17, 15) is 19.2 Å². The van der Waals surface area contributed by atoms with Gasteiger partial charge in [-0.15, -0.1) is 0 Å². The molecule has 39 heavy (non-hydrogen) atoms. The van der Waals surface area contributed by atoms with E-state index in [-0.39, 0.29) is 88.5 Å². The van der Waals surface area contributed by atoms with Gasteiger partial charge in [0, 0.05) is 38.5 Å². The molecular formula is C31H48O8. The molecule has 0 saturated heterocycles. The molecule has 0 aromatic rings. The highest BCUT2D eigenvalue weighted by molar-refractivity contribution is 5.69. The molecule has 8 heteroatoms. The minimum atomic E-state index is -0.279. The van der Waals surface area contributed by atoms with Crippen molar-refractivity contribution < 1.29 is 38.1 Å². The van der Waals surface area contributed by atoms with Gasteiger partial charge in [0.1, 0.15) is 18.3 Å². The van der Waals surface area contributed by atoms with E-state index in [4.69, 9.17) is 18.9 Å². The summed E-state index contributed by atoms with van der Waals surface area (Å²) in [6, 6.07) is 0. The summed E-state index contributed by atoms with van der Waals surface area (Å²) in [7, 11) is 1.42. The molecule has 0 bridgehead atoms. The van der Waals surface area contributed by atoms with E-state index >= 15 is 0 Å². The van der Waals surface area contributed by atoms with Crippen LogP contribution in [0.5, 0.6) is 0 Å². The normalized spacial score (nSPS) is 41.7. The summed E-state index contributed by atoms with van der Waals surface area (Å²) < 4.78 is 22.8. The van der Waals surface area contributed by atoms with Crippen LogP contribution in [0.4, 0.5) is 0 Å². The predicted octanol–water partition coefficient (Wildman–Crippen LogP) is 5.25. The second-order valence-electron chi connectivity index (χ2n) is 13.4. The number of carbonyl (C=O) groups is 4. The second kappa shape index (κ2) is 11.4.